The van der Waals surface area contributed by atoms with Crippen LogP contribution in [0, 0.1) is 26.0 Å². The number of likely N-dealkylation sites (N-methyl/N-ethyl adjacent to an activating group) is 1. The maximum atomic E-state index is 12.5. The number of nitrogens with zero attached hydrogens (tertiary/aromatic N) is 5. The van der Waals surface area contributed by atoms with E-state index in [4.69, 9.17) is 14.8 Å². The van der Waals surface area contributed by atoms with Crippen molar-refractivity contribution in [3.8, 4) is 11.5 Å². The van der Waals surface area contributed by atoms with Crippen molar-refractivity contribution in [1.82, 2.24) is 9.80 Å². The molecule has 17 heteroatoms. The molecule has 4 rings (SSSR count). The Kier molecular flexibility index (Phi) is 26.2. The molecule has 2 aliphatic rings. The summed E-state index contributed by atoms with van der Waals surface area (Å²) in [4.78, 5) is 38.2. The monoisotopic (exact) mass is 661 g/mol. The Bertz CT molecular complexity index is 1110. The second kappa shape index (κ2) is 25.4. The second-order valence-electron chi connectivity index (χ2n) is 9.03. The molecule has 0 bridgehead atoms. The number of carbonyl (C=O) groups excluding carboxylic acids is 1. The predicted molar refractivity (Wildman–Crippen MR) is 149 cm³/mol. The van der Waals surface area contributed by atoms with Crippen molar-refractivity contribution in [3.05, 3.63) is 62.4 Å². The van der Waals surface area contributed by atoms with Crippen LogP contribution in [0.2, 0.25) is 0 Å². The van der Waals surface area contributed by atoms with Crippen molar-refractivity contribution >= 4 is 23.5 Å². The third-order valence-electron chi connectivity index (χ3n) is 6.19. The van der Waals surface area contributed by atoms with Gasteiger partial charge in [-0.3, -0.25) is 25.0 Å². The van der Waals surface area contributed by atoms with Crippen LogP contribution in [0.25, 0.3) is 0 Å². The summed E-state index contributed by atoms with van der Waals surface area (Å²) in [7, 11) is 6.99. The molecule has 230 valence electrons. The molecule has 0 spiro atoms. The van der Waals surface area contributed by atoms with Crippen LogP contribution in [-0.4, -0.2) is 93.7 Å². The first-order valence-corrected chi connectivity index (χ1v) is 12.7. The van der Waals surface area contributed by atoms with Crippen molar-refractivity contribution in [3.63, 3.8) is 0 Å². The SMILES string of the molecule is CN1CCCCC1.COc1cc(F)ccc1[N+](=O)[O-].COc1cc(N2CCN(C)CC2)ccc1[N+](=O)[O-].O=CO[O-].[H-].[K+].[K+]. The van der Waals surface area contributed by atoms with Crippen LogP contribution in [0.3, 0.4) is 0 Å². The van der Waals surface area contributed by atoms with Crippen molar-refractivity contribution in [2.75, 3.05) is 72.5 Å². The zero-order chi connectivity index (χ0) is 30.8. The summed E-state index contributed by atoms with van der Waals surface area (Å²) >= 11 is 0. The fourth-order valence-electron chi connectivity index (χ4n) is 3.93. The van der Waals surface area contributed by atoms with Gasteiger partial charge in [-0.2, -0.15) is 0 Å². The number of piperazine rings is 1. The molecular formula is C26H38FK2N5O9. The molecule has 0 aliphatic carbocycles. The molecule has 0 radical (unpaired) electrons. The van der Waals surface area contributed by atoms with Crippen LogP contribution in [0.5, 0.6) is 11.5 Å². The Labute approximate surface area is 337 Å². The molecule has 0 amide bonds. The van der Waals surface area contributed by atoms with Crippen molar-refractivity contribution in [1.29, 1.82) is 0 Å². The number of halogens is 1. The van der Waals surface area contributed by atoms with E-state index in [-0.39, 0.29) is 128 Å². The first-order chi connectivity index (χ1) is 19.6. The van der Waals surface area contributed by atoms with E-state index in [1.165, 1.54) is 52.6 Å². The molecule has 43 heavy (non-hydrogen) atoms. The number of ether oxygens (including phenoxy) is 2. The molecule has 2 aliphatic heterocycles. The average molecular weight is 662 g/mol. The summed E-state index contributed by atoms with van der Waals surface area (Å²) in [5.74, 6) is -0.311. The number of anilines is 1. The molecule has 2 fully saturated rings. The number of piperidine rings is 1. The molecule has 2 heterocycles. The minimum atomic E-state index is -0.627. The Hall–Kier alpha value is -0.807. The second-order valence-corrected chi connectivity index (χ2v) is 9.03. The van der Waals surface area contributed by atoms with E-state index in [0.717, 1.165) is 50.1 Å². The molecule has 0 saturated carbocycles. The van der Waals surface area contributed by atoms with Crippen molar-refractivity contribution < 1.29 is 143 Å². The van der Waals surface area contributed by atoms with Crippen LogP contribution in [0.1, 0.15) is 20.7 Å². The van der Waals surface area contributed by atoms with Gasteiger partial charge in [-0.25, -0.2) is 4.39 Å². The minimum Gasteiger partial charge on any atom is -1.00 e. The van der Waals surface area contributed by atoms with Crippen LogP contribution in [-0.2, 0) is 9.68 Å². The molecule has 0 unspecified atom stereocenters. The van der Waals surface area contributed by atoms with Gasteiger partial charge in [0.25, 0.3) is 6.47 Å². The Morgan fingerprint density at radius 2 is 1.23 bits per heavy atom. The van der Waals surface area contributed by atoms with Gasteiger partial charge in [-0.15, -0.1) is 0 Å². The zero-order valence-corrected chi connectivity index (χ0v) is 31.9. The molecule has 2 saturated heterocycles. The number of hydrogen-bond acceptors (Lipinski definition) is 12. The largest absolute Gasteiger partial charge is 1.00 e. The van der Waals surface area contributed by atoms with E-state index >= 15 is 0 Å². The van der Waals surface area contributed by atoms with Gasteiger partial charge in [-0.05, 0) is 52.2 Å². The number of methoxy groups -OCH3 is 2. The molecule has 0 N–H and O–H groups in total. The fraction of sp³-hybridized carbons (Fsp3) is 0.500. The van der Waals surface area contributed by atoms with Gasteiger partial charge >= 0.3 is 114 Å². The number of rotatable bonds is 6. The number of carbonyl (C=O) groups is 1. The summed E-state index contributed by atoms with van der Waals surface area (Å²) in [5, 5.41) is 29.5. The Balaban J connectivity index is -0.000000562. The van der Waals surface area contributed by atoms with Gasteiger partial charge in [0.05, 0.1) is 24.1 Å². The topological polar surface area (TPSA) is 164 Å². The van der Waals surface area contributed by atoms with Crippen LogP contribution in [0.15, 0.2) is 36.4 Å². The normalized spacial score (nSPS) is 14.2. The van der Waals surface area contributed by atoms with E-state index in [2.05, 4.69) is 38.4 Å². The Morgan fingerprint density at radius 1 is 0.791 bits per heavy atom. The van der Waals surface area contributed by atoms with Crippen molar-refractivity contribution in [2.45, 2.75) is 19.3 Å². The maximum absolute atomic E-state index is 12.5. The van der Waals surface area contributed by atoms with E-state index < -0.39 is 15.7 Å². The molecule has 14 nitrogen and oxygen atoms in total. The quantitative estimate of drug-likeness (QED) is 0.100. The fourth-order valence-corrected chi connectivity index (χ4v) is 3.93. The van der Waals surface area contributed by atoms with E-state index in [0.29, 0.717) is 5.75 Å². The van der Waals surface area contributed by atoms with E-state index in [9.17, 15) is 24.6 Å². The van der Waals surface area contributed by atoms with Crippen LogP contribution >= 0.6 is 0 Å². The molecule has 2 aromatic rings. The third kappa shape index (κ3) is 17.5. The summed E-state index contributed by atoms with van der Waals surface area (Å²) < 4.78 is 22.2. The van der Waals surface area contributed by atoms with Gasteiger partial charge < -0.3 is 35.7 Å². The molecular weight excluding hydrogens is 624 g/mol. The number of nitro benzene ring substituents is 2. The van der Waals surface area contributed by atoms with Gasteiger partial charge in [0.15, 0.2) is 11.5 Å². The number of nitro groups is 2. The smallest absolute Gasteiger partial charge is 1.00 e. The standard InChI is InChI=1S/C12H17N3O3.C7H6FNO3.C6H13N.CH2O3.2K.H/c1-13-5-7-14(8-6-13)10-3-4-11(15(16)17)12(9-10)18-2;1-12-7-4-5(8)2-3-6(7)9(10)11;1-7-5-3-2-4-6-7;2-1-4-3;;;/h3-4,9H,5-8H2,1-2H3;2-4H,1H3;2-6H2,1H3;1,3H;;;/q;;;;2*+1;-1/p-1. The molecule has 0 atom stereocenters. The van der Waals surface area contributed by atoms with Crippen molar-refractivity contribution in [2.24, 2.45) is 0 Å². The zero-order valence-electron chi connectivity index (χ0n) is 26.7. The summed E-state index contributed by atoms with van der Waals surface area (Å²) in [6.07, 6.45) is 4.28. The van der Waals surface area contributed by atoms with Crippen LogP contribution in [0.4, 0.5) is 21.5 Å². The molecule has 2 aromatic carbocycles. The van der Waals surface area contributed by atoms with E-state index in [1.807, 2.05) is 0 Å². The van der Waals surface area contributed by atoms with Gasteiger partial charge in [0, 0.05) is 56.1 Å². The van der Waals surface area contributed by atoms with Gasteiger partial charge in [0.2, 0.25) is 0 Å². The maximum Gasteiger partial charge on any atom is 1.00 e. The number of benzene rings is 2. The number of likely N-dealkylation sites (tertiary alicyclic amines) is 1. The predicted octanol–water partition coefficient (Wildman–Crippen LogP) is -3.24. The first-order valence-electron chi connectivity index (χ1n) is 12.7. The third-order valence-corrected chi connectivity index (χ3v) is 6.19. The van der Waals surface area contributed by atoms with Gasteiger partial charge in [0.1, 0.15) is 5.82 Å². The minimum absolute atomic E-state index is 0. The molecule has 0 aromatic heterocycles. The summed E-state index contributed by atoms with van der Waals surface area (Å²) in [5.41, 5.74) is 0.750. The first kappa shape index (κ1) is 44.3. The number of hydrogen-bond donors (Lipinski definition) is 0. The Morgan fingerprint density at radius 3 is 1.63 bits per heavy atom. The van der Waals surface area contributed by atoms with Gasteiger partial charge in [-0.1, -0.05) is 6.42 Å². The van der Waals surface area contributed by atoms with Crippen LogP contribution < -0.4 is 122 Å². The average Bonchev–Trinajstić information content (AvgIpc) is 2.98. The van der Waals surface area contributed by atoms with E-state index in [1.54, 1.807) is 12.1 Å². The summed E-state index contributed by atoms with van der Waals surface area (Å²) in [6, 6.07) is 8.08. The summed E-state index contributed by atoms with van der Waals surface area (Å²) in [6.45, 7) is 6.31.